The summed E-state index contributed by atoms with van der Waals surface area (Å²) in [6.07, 6.45) is 7.11. The van der Waals surface area contributed by atoms with Crippen molar-refractivity contribution in [1.29, 1.82) is 0 Å². The van der Waals surface area contributed by atoms with Crippen LogP contribution >= 0.6 is 15.9 Å². The number of benzene rings is 5. The van der Waals surface area contributed by atoms with Gasteiger partial charge in [0, 0.05) is 15.6 Å². The zero-order chi connectivity index (χ0) is 35.6. The highest BCUT2D eigenvalue weighted by Gasteiger charge is 2.23. The summed E-state index contributed by atoms with van der Waals surface area (Å²) in [6.45, 7) is 0.421. The number of ether oxygens (including phenoxy) is 5. The van der Waals surface area contributed by atoms with Crippen molar-refractivity contribution in [2.45, 2.75) is 6.61 Å². The van der Waals surface area contributed by atoms with E-state index in [1.54, 1.807) is 32.4 Å². The van der Waals surface area contributed by atoms with Crippen LogP contribution in [0, 0.1) is 0 Å². The maximum absolute atomic E-state index is 12.4. The Morgan fingerprint density at radius 1 is 0.588 bits per heavy atom. The summed E-state index contributed by atoms with van der Waals surface area (Å²) in [5.74, 6) is 2.36. The van der Waals surface area contributed by atoms with Gasteiger partial charge in [-0.1, -0.05) is 94.8 Å². The zero-order valence-corrected chi connectivity index (χ0v) is 29.5. The fraction of sp³-hybridized carbons (Fsp3) is 0.0698. The molecule has 0 unspecified atom stereocenters. The summed E-state index contributed by atoms with van der Waals surface area (Å²) in [5, 5.41) is 0. The number of hydrogen-bond donors (Lipinski definition) is 0. The van der Waals surface area contributed by atoms with Gasteiger partial charge >= 0.3 is 11.9 Å². The first-order valence-corrected chi connectivity index (χ1v) is 16.8. The molecule has 5 aromatic rings. The maximum Gasteiger partial charge on any atom is 0.343 e. The summed E-state index contributed by atoms with van der Waals surface area (Å²) in [5.41, 5.74) is 5.58. The predicted octanol–water partition coefficient (Wildman–Crippen LogP) is 9.69. The van der Waals surface area contributed by atoms with Crippen LogP contribution < -0.4 is 14.2 Å². The summed E-state index contributed by atoms with van der Waals surface area (Å²) < 4.78 is 28.3. The second-order valence-corrected chi connectivity index (χ2v) is 12.2. The minimum absolute atomic E-state index is 0.303. The molecule has 5 aromatic carbocycles. The molecule has 0 amide bonds. The van der Waals surface area contributed by atoms with Crippen molar-refractivity contribution >= 4 is 51.5 Å². The Hall–Kier alpha value is -6.12. The average molecular weight is 742 g/mol. The molecular weight excluding hydrogens is 708 g/mol. The zero-order valence-electron chi connectivity index (χ0n) is 27.9. The Labute approximate surface area is 304 Å². The molecule has 0 fully saturated rings. The van der Waals surface area contributed by atoms with E-state index >= 15 is 0 Å². The lowest BCUT2D eigenvalue weighted by molar-refractivity contribution is -0.131. The summed E-state index contributed by atoms with van der Waals surface area (Å²) >= 11 is 3.43. The summed E-state index contributed by atoms with van der Waals surface area (Å²) in [6, 6.07) is 40.2. The molecule has 0 saturated heterocycles. The van der Waals surface area contributed by atoms with Crippen LogP contribution in [0.2, 0.25) is 0 Å². The number of esters is 2. The van der Waals surface area contributed by atoms with Crippen LogP contribution in [0.3, 0.4) is 0 Å². The van der Waals surface area contributed by atoms with Crippen LogP contribution in [-0.2, 0) is 25.7 Å². The molecule has 7 nitrogen and oxygen atoms in total. The number of methoxy groups -OCH3 is 2. The lowest BCUT2D eigenvalue weighted by Gasteiger charge is -2.11. The van der Waals surface area contributed by atoms with Crippen LogP contribution in [0.1, 0.15) is 27.8 Å². The number of hydrogen-bond acceptors (Lipinski definition) is 7. The van der Waals surface area contributed by atoms with Gasteiger partial charge < -0.3 is 23.7 Å². The molecule has 0 spiro atoms. The Balaban J connectivity index is 0.000000200. The Bertz CT molecular complexity index is 2130. The Morgan fingerprint density at radius 3 is 1.75 bits per heavy atom. The maximum atomic E-state index is 12.4. The third kappa shape index (κ3) is 9.12. The van der Waals surface area contributed by atoms with Gasteiger partial charge in [-0.15, -0.1) is 0 Å². The van der Waals surface area contributed by atoms with Gasteiger partial charge in [-0.05, 0) is 89.5 Å². The van der Waals surface area contributed by atoms with E-state index in [2.05, 4.69) is 15.9 Å². The molecule has 7 rings (SSSR count). The first-order valence-electron chi connectivity index (χ1n) is 16.0. The second-order valence-electron chi connectivity index (χ2n) is 11.3. The smallest absolute Gasteiger partial charge is 0.343 e. The van der Waals surface area contributed by atoms with Crippen molar-refractivity contribution in [2.75, 3.05) is 14.2 Å². The van der Waals surface area contributed by atoms with Crippen molar-refractivity contribution in [3.63, 3.8) is 0 Å². The fourth-order valence-electron chi connectivity index (χ4n) is 5.16. The van der Waals surface area contributed by atoms with E-state index in [1.807, 2.05) is 133 Å². The van der Waals surface area contributed by atoms with E-state index in [9.17, 15) is 9.59 Å². The van der Waals surface area contributed by atoms with Gasteiger partial charge in [0.25, 0.3) is 0 Å². The van der Waals surface area contributed by atoms with Gasteiger partial charge in [-0.25, -0.2) is 9.59 Å². The second kappa shape index (κ2) is 16.5. The standard InChI is InChI=1S/C26H21BrO5.C17H12O2/c1-29-22-10-6-19(7-11-22)24-15-20(26(28)32-24)13-18-5-12-23(25(14-18)30-2)31-16-17-3-8-21(27)9-4-17;18-17-15(11-13-7-3-1-4-8-13)12-16(19-17)14-9-5-2-6-10-14/h3-15H,16H2,1-2H3;1-12H/b20-13-;15-11-. The van der Waals surface area contributed by atoms with E-state index in [4.69, 9.17) is 23.7 Å². The van der Waals surface area contributed by atoms with Gasteiger partial charge in [-0.3, -0.25) is 0 Å². The van der Waals surface area contributed by atoms with E-state index < -0.39 is 5.97 Å². The largest absolute Gasteiger partial charge is 0.497 e. The third-order valence-electron chi connectivity index (χ3n) is 7.82. The first kappa shape index (κ1) is 34.7. The number of rotatable bonds is 9. The van der Waals surface area contributed by atoms with Gasteiger partial charge in [0.15, 0.2) is 11.5 Å². The molecule has 2 heterocycles. The highest BCUT2D eigenvalue weighted by Crippen LogP contribution is 2.33. The minimum atomic E-state index is -0.398. The monoisotopic (exact) mass is 740 g/mol. The molecule has 2 aliphatic heterocycles. The van der Waals surface area contributed by atoms with Crippen LogP contribution in [0.15, 0.2) is 155 Å². The number of carbonyl (C=O) groups excluding carboxylic acids is 2. The molecule has 2 aliphatic rings. The quantitative estimate of drug-likeness (QED) is 0.110. The van der Waals surface area contributed by atoms with E-state index in [1.165, 1.54) is 0 Å². The number of halogens is 1. The van der Waals surface area contributed by atoms with Crippen molar-refractivity contribution in [3.8, 4) is 17.2 Å². The molecule has 8 heteroatoms. The van der Waals surface area contributed by atoms with Crippen molar-refractivity contribution in [2.24, 2.45) is 0 Å². The van der Waals surface area contributed by atoms with Crippen LogP contribution in [0.25, 0.3) is 23.7 Å². The van der Waals surface area contributed by atoms with Gasteiger partial charge in [0.2, 0.25) is 0 Å². The molecule has 0 atom stereocenters. The molecule has 254 valence electrons. The molecule has 0 bridgehead atoms. The number of cyclic esters (lactones) is 2. The van der Waals surface area contributed by atoms with Crippen molar-refractivity contribution in [1.82, 2.24) is 0 Å². The van der Waals surface area contributed by atoms with E-state index in [0.29, 0.717) is 40.8 Å². The first-order chi connectivity index (χ1) is 24.9. The Kier molecular flexibility index (Phi) is 11.3. The highest BCUT2D eigenvalue weighted by molar-refractivity contribution is 9.10. The third-order valence-corrected chi connectivity index (χ3v) is 8.35. The topological polar surface area (TPSA) is 80.3 Å². The normalized spacial score (nSPS) is 15.0. The molecule has 51 heavy (non-hydrogen) atoms. The Morgan fingerprint density at radius 2 is 1.16 bits per heavy atom. The lowest BCUT2D eigenvalue weighted by atomic mass is 10.1. The summed E-state index contributed by atoms with van der Waals surface area (Å²) in [4.78, 5) is 24.2. The van der Waals surface area contributed by atoms with Crippen LogP contribution in [0.5, 0.6) is 17.2 Å². The van der Waals surface area contributed by atoms with Gasteiger partial charge in [0.1, 0.15) is 23.9 Å². The minimum Gasteiger partial charge on any atom is -0.497 e. The molecule has 0 radical (unpaired) electrons. The molecule has 0 aliphatic carbocycles. The predicted molar refractivity (Wildman–Crippen MR) is 201 cm³/mol. The molecule has 0 saturated carbocycles. The van der Waals surface area contributed by atoms with E-state index in [0.717, 1.165) is 38.0 Å². The van der Waals surface area contributed by atoms with Gasteiger partial charge in [-0.2, -0.15) is 0 Å². The van der Waals surface area contributed by atoms with E-state index in [-0.39, 0.29) is 5.97 Å². The van der Waals surface area contributed by atoms with Crippen molar-refractivity contribution in [3.05, 3.63) is 183 Å². The lowest BCUT2D eigenvalue weighted by Crippen LogP contribution is -1.99. The van der Waals surface area contributed by atoms with Crippen molar-refractivity contribution < 1.29 is 33.3 Å². The fourth-order valence-corrected chi connectivity index (χ4v) is 5.43. The average Bonchev–Trinajstić information content (AvgIpc) is 3.73. The van der Waals surface area contributed by atoms with Crippen LogP contribution in [-0.4, -0.2) is 26.2 Å². The SMILES string of the molecule is COc1ccc(C2=C/C(=C/c3ccc(OCc4ccc(Br)cc4)c(OC)c3)C(=O)O2)cc1.O=C1OC(c2ccccc2)=C/C1=C/c1ccccc1. The molecule has 0 aromatic heterocycles. The van der Waals surface area contributed by atoms with Gasteiger partial charge in [0.05, 0.1) is 25.4 Å². The van der Waals surface area contributed by atoms with Crippen LogP contribution in [0.4, 0.5) is 0 Å². The summed E-state index contributed by atoms with van der Waals surface area (Å²) in [7, 11) is 3.19. The molecular formula is C43H33BrO7. The molecule has 0 N–H and O–H groups in total. The number of carbonyl (C=O) groups is 2. The highest BCUT2D eigenvalue weighted by atomic mass is 79.9.